The Balaban J connectivity index is 0.000000383. The van der Waals surface area contributed by atoms with E-state index in [0.717, 1.165) is 33.3 Å². The molecule has 4 nitrogen and oxygen atoms in total. The van der Waals surface area contributed by atoms with Gasteiger partial charge in [0, 0.05) is 48.1 Å². The van der Waals surface area contributed by atoms with Crippen LogP contribution in [0.5, 0.6) is 5.75 Å². The predicted molar refractivity (Wildman–Crippen MR) is 137 cm³/mol. The van der Waals surface area contributed by atoms with Gasteiger partial charge >= 0.3 is 0 Å². The number of allylic oxidation sites excluding steroid dienone is 2. The molecule has 0 aliphatic carbocycles. The van der Waals surface area contributed by atoms with E-state index in [1.165, 1.54) is 18.2 Å². The number of nitrogens with zero attached hydrogens (tertiary/aromatic N) is 1. The van der Waals surface area contributed by atoms with Crippen molar-refractivity contribution in [1.29, 1.82) is 0 Å². The number of carbonyl (C=O) groups is 1. The molecule has 0 fully saturated rings. The molecule has 0 saturated carbocycles. The van der Waals surface area contributed by atoms with Crippen LogP contribution in [0.1, 0.15) is 52.7 Å². The van der Waals surface area contributed by atoms with Gasteiger partial charge in [0.25, 0.3) is 0 Å². The number of methoxy groups -OCH3 is 1. The molecule has 0 saturated heterocycles. The molecule has 6 heteroatoms. The Kier molecular flexibility index (Phi) is 10.4. The molecule has 0 aliphatic rings. The van der Waals surface area contributed by atoms with Crippen LogP contribution in [-0.4, -0.2) is 23.0 Å². The number of aryl methyl sites for hydroxylation is 2. The third kappa shape index (κ3) is 8.55. The molecule has 35 heavy (non-hydrogen) atoms. The molecule has 3 aromatic rings. The van der Waals surface area contributed by atoms with Crippen LogP contribution < -0.4 is 4.74 Å². The Bertz CT molecular complexity index is 1200. The molecular formula is C29H35FIrNO3-. The van der Waals surface area contributed by atoms with Crippen LogP contribution in [0.3, 0.4) is 0 Å². The number of aliphatic hydroxyl groups excluding tert-OH is 1. The Morgan fingerprint density at radius 1 is 1.03 bits per heavy atom. The number of rotatable bonds is 3. The largest absolute Gasteiger partial charge is 0.512 e. The molecule has 3 rings (SSSR count). The van der Waals surface area contributed by atoms with Crippen LogP contribution >= 0.6 is 0 Å². The van der Waals surface area contributed by atoms with Crippen molar-refractivity contribution in [2.45, 2.75) is 55.4 Å². The molecular weight excluding hydrogens is 622 g/mol. The number of fused-ring (bicyclic) bond motifs is 1. The number of carbonyl (C=O) groups excluding carboxylic acids is 1. The Morgan fingerprint density at radius 3 is 2.17 bits per heavy atom. The zero-order chi connectivity index (χ0) is 25.8. The van der Waals surface area contributed by atoms with Crippen molar-refractivity contribution in [3.63, 3.8) is 0 Å². The van der Waals surface area contributed by atoms with Crippen LogP contribution in [0.25, 0.3) is 22.2 Å². The maximum absolute atomic E-state index is 13.3. The maximum Gasteiger partial charge on any atom is 0.164 e. The second kappa shape index (κ2) is 11.9. The number of ether oxygens (including phenoxy) is 1. The summed E-state index contributed by atoms with van der Waals surface area (Å²) in [6.07, 6.45) is 1.33. The number of aliphatic hydroxyl groups is 1. The summed E-state index contributed by atoms with van der Waals surface area (Å²) in [4.78, 5) is 16.1. The monoisotopic (exact) mass is 657 g/mol. The second-order valence-corrected chi connectivity index (χ2v) is 10.5. The van der Waals surface area contributed by atoms with Gasteiger partial charge in [-0.05, 0) is 24.3 Å². The standard InChI is InChI=1S/C18H15FNO.C11H20O2.Ir/c1-11-6-12(2)8-14(7-11)18-17(21-3)10-13-9-15(19)4-5-16(13)20-18;1-10(2,3)8(12)7-9(13)11(4,5)6;/h4-7,9-10H,1-3H3;7,12H,1-6H3;/q-1;;/b;8-7-;. The first-order valence-corrected chi connectivity index (χ1v) is 11.2. The molecule has 191 valence electrons. The number of hydrogen-bond acceptors (Lipinski definition) is 4. The van der Waals surface area contributed by atoms with Crippen molar-refractivity contribution in [2.24, 2.45) is 10.8 Å². The number of hydrogen-bond donors (Lipinski definition) is 1. The van der Waals surface area contributed by atoms with Crippen molar-refractivity contribution in [3.8, 4) is 17.0 Å². The van der Waals surface area contributed by atoms with E-state index in [4.69, 9.17) is 4.74 Å². The molecule has 0 aliphatic heterocycles. The van der Waals surface area contributed by atoms with Crippen LogP contribution in [0.15, 0.2) is 48.2 Å². The van der Waals surface area contributed by atoms with E-state index in [1.807, 2.05) is 67.5 Å². The molecule has 0 atom stereocenters. The summed E-state index contributed by atoms with van der Waals surface area (Å²) in [5.74, 6) is 0.443. The minimum atomic E-state index is -0.417. The van der Waals surface area contributed by atoms with Gasteiger partial charge in [-0.3, -0.25) is 9.78 Å². The average Bonchev–Trinajstić information content (AvgIpc) is 2.71. The smallest absolute Gasteiger partial charge is 0.164 e. The predicted octanol–water partition coefficient (Wildman–Crippen LogP) is 7.55. The summed E-state index contributed by atoms with van der Waals surface area (Å²) >= 11 is 0. The van der Waals surface area contributed by atoms with Crippen molar-refractivity contribution >= 4 is 16.7 Å². The van der Waals surface area contributed by atoms with E-state index in [9.17, 15) is 14.3 Å². The van der Waals surface area contributed by atoms with E-state index in [2.05, 4.69) is 17.1 Å². The van der Waals surface area contributed by atoms with E-state index in [-0.39, 0.29) is 42.9 Å². The fraction of sp³-hybridized carbons (Fsp3) is 0.379. The quantitative estimate of drug-likeness (QED) is 0.180. The second-order valence-electron chi connectivity index (χ2n) is 10.5. The Hall–Kier alpha value is -2.56. The molecule has 0 bridgehead atoms. The average molecular weight is 657 g/mol. The summed E-state index contributed by atoms with van der Waals surface area (Å²) in [5.41, 5.74) is 3.77. The van der Waals surface area contributed by atoms with Gasteiger partial charge in [0.2, 0.25) is 0 Å². The third-order valence-electron chi connectivity index (χ3n) is 5.14. The van der Waals surface area contributed by atoms with E-state index < -0.39 is 5.41 Å². The molecule has 1 heterocycles. The van der Waals surface area contributed by atoms with Gasteiger partial charge in [-0.1, -0.05) is 55.4 Å². The topological polar surface area (TPSA) is 59.4 Å². The van der Waals surface area contributed by atoms with Crippen molar-refractivity contribution in [2.75, 3.05) is 7.11 Å². The first-order valence-electron chi connectivity index (χ1n) is 11.2. The molecule has 1 aromatic heterocycles. The molecule has 0 amide bonds. The minimum Gasteiger partial charge on any atom is -0.512 e. The van der Waals surface area contributed by atoms with Crippen molar-refractivity contribution in [3.05, 3.63) is 71.2 Å². The van der Waals surface area contributed by atoms with E-state index in [1.54, 1.807) is 13.2 Å². The van der Waals surface area contributed by atoms with Crippen LogP contribution in [0, 0.1) is 36.6 Å². The fourth-order valence-corrected chi connectivity index (χ4v) is 3.06. The van der Waals surface area contributed by atoms with Gasteiger partial charge in [-0.15, -0.1) is 34.9 Å². The minimum absolute atomic E-state index is 0. The molecule has 2 aromatic carbocycles. The molecule has 0 spiro atoms. The summed E-state index contributed by atoms with van der Waals surface area (Å²) in [6, 6.07) is 13.7. The van der Waals surface area contributed by atoms with Crippen LogP contribution in [0.2, 0.25) is 0 Å². The van der Waals surface area contributed by atoms with Gasteiger partial charge < -0.3 is 9.84 Å². The Morgan fingerprint density at radius 2 is 1.66 bits per heavy atom. The van der Waals surface area contributed by atoms with E-state index in [0.29, 0.717) is 5.75 Å². The number of benzene rings is 2. The zero-order valence-corrected chi connectivity index (χ0v) is 24.4. The van der Waals surface area contributed by atoms with Crippen molar-refractivity contribution in [1.82, 2.24) is 4.98 Å². The molecule has 1 N–H and O–H groups in total. The summed E-state index contributed by atoms with van der Waals surface area (Å²) in [5, 5.41) is 10.3. The normalized spacial score (nSPS) is 11.9. The molecule has 1 radical (unpaired) electrons. The van der Waals surface area contributed by atoms with Gasteiger partial charge in [0.1, 0.15) is 17.3 Å². The summed E-state index contributed by atoms with van der Waals surface area (Å²) in [6.45, 7) is 15.1. The van der Waals surface area contributed by atoms with Gasteiger partial charge in [0.15, 0.2) is 5.78 Å². The number of pyridine rings is 1. The maximum atomic E-state index is 13.3. The Labute approximate surface area is 222 Å². The fourth-order valence-electron chi connectivity index (χ4n) is 3.06. The summed E-state index contributed by atoms with van der Waals surface area (Å²) in [7, 11) is 1.59. The van der Waals surface area contributed by atoms with Gasteiger partial charge in [-0.25, -0.2) is 4.39 Å². The first-order chi connectivity index (χ1) is 15.6. The van der Waals surface area contributed by atoms with Crippen molar-refractivity contribution < 1.29 is 39.1 Å². The van der Waals surface area contributed by atoms with E-state index >= 15 is 0 Å². The number of halogens is 1. The summed E-state index contributed by atoms with van der Waals surface area (Å²) < 4.78 is 18.7. The first kappa shape index (κ1) is 30.5. The number of ketones is 1. The van der Waals surface area contributed by atoms with Crippen LogP contribution in [-0.2, 0) is 24.9 Å². The van der Waals surface area contributed by atoms with Crippen LogP contribution in [0.4, 0.5) is 4.39 Å². The SMILES string of the molecule is CC(C)(C)C(=O)/C=C(\O)C(C)(C)C.COc1cc2cc(F)ccc2nc1-c1[c-]c(C)cc(C)c1.[Ir]. The number of aromatic nitrogens is 1. The van der Waals surface area contributed by atoms with Gasteiger partial charge in [0.05, 0.1) is 12.6 Å². The zero-order valence-electron chi connectivity index (χ0n) is 22.0. The van der Waals surface area contributed by atoms with Gasteiger partial charge in [-0.2, -0.15) is 0 Å². The third-order valence-corrected chi connectivity index (χ3v) is 5.14. The molecule has 0 unspecified atom stereocenters.